The van der Waals surface area contributed by atoms with Gasteiger partial charge in [-0.15, -0.1) is 0 Å². The second-order valence-corrected chi connectivity index (χ2v) is 4.44. The van der Waals surface area contributed by atoms with Gasteiger partial charge in [-0.25, -0.2) is 4.98 Å². The minimum atomic E-state index is 0.232. The molecule has 1 aromatic heterocycles. The van der Waals surface area contributed by atoms with Crippen LogP contribution in [0.15, 0.2) is 28.7 Å². The van der Waals surface area contributed by atoms with Crippen LogP contribution in [0.25, 0.3) is 11.4 Å². The average molecular weight is 297 g/mol. The fourth-order valence-corrected chi connectivity index (χ4v) is 2.18. The van der Waals surface area contributed by atoms with Crippen LogP contribution in [-0.2, 0) is 7.05 Å². The van der Waals surface area contributed by atoms with Gasteiger partial charge in [0.15, 0.2) is 10.8 Å². The summed E-state index contributed by atoms with van der Waals surface area (Å²) in [7, 11) is 1.77. The molecule has 2 aromatic rings. The van der Waals surface area contributed by atoms with E-state index < -0.39 is 0 Å². The van der Waals surface area contributed by atoms with Gasteiger partial charge in [-0.1, -0.05) is 45.7 Å². The standard InChI is InChI=1S/C11H7BrClN3/c1-16-9(6-14)10(13)15-11(16)7-4-2-3-5-8(7)12/h2-5H,1H3. The number of rotatable bonds is 1. The number of imidazole rings is 1. The zero-order chi connectivity index (χ0) is 11.7. The molecule has 1 heterocycles. The highest BCUT2D eigenvalue weighted by Crippen LogP contribution is 2.29. The molecule has 0 aliphatic rings. The number of halogens is 2. The van der Waals surface area contributed by atoms with E-state index in [0.29, 0.717) is 11.5 Å². The third-order valence-corrected chi connectivity index (χ3v) is 3.23. The third kappa shape index (κ3) is 1.73. The van der Waals surface area contributed by atoms with Crippen molar-refractivity contribution < 1.29 is 0 Å². The molecule has 0 N–H and O–H groups in total. The SMILES string of the molecule is Cn1c(-c2ccccc2Br)nc(Cl)c1C#N. The molecule has 5 heteroatoms. The van der Waals surface area contributed by atoms with Gasteiger partial charge in [-0.05, 0) is 6.07 Å². The van der Waals surface area contributed by atoms with E-state index in [1.165, 1.54) is 0 Å². The smallest absolute Gasteiger partial charge is 0.166 e. The van der Waals surface area contributed by atoms with Crippen molar-refractivity contribution in [2.45, 2.75) is 0 Å². The van der Waals surface area contributed by atoms with Gasteiger partial charge in [0.05, 0.1) is 0 Å². The van der Waals surface area contributed by atoms with Crippen LogP contribution in [0.3, 0.4) is 0 Å². The molecule has 0 spiro atoms. The summed E-state index contributed by atoms with van der Waals surface area (Å²) < 4.78 is 2.60. The Morgan fingerprint density at radius 2 is 2.12 bits per heavy atom. The van der Waals surface area contributed by atoms with Crippen LogP contribution in [0.1, 0.15) is 5.69 Å². The molecule has 0 bridgehead atoms. The molecule has 3 nitrogen and oxygen atoms in total. The van der Waals surface area contributed by atoms with E-state index in [1.807, 2.05) is 30.3 Å². The van der Waals surface area contributed by atoms with E-state index >= 15 is 0 Å². The maximum Gasteiger partial charge on any atom is 0.166 e. The van der Waals surface area contributed by atoms with Gasteiger partial charge in [0, 0.05) is 17.1 Å². The zero-order valence-electron chi connectivity index (χ0n) is 8.41. The van der Waals surface area contributed by atoms with E-state index in [2.05, 4.69) is 20.9 Å². The molecule has 0 amide bonds. The van der Waals surface area contributed by atoms with E-state index in [-0.39, 0.29) is 5.15 Å². The van der Waals surface area contributed by atoms with Crippen molar-refractivity contribution in [1.29, 1.82) is 5.26 Å². The second-order valence-electron chi connectivity index (χ2n) is 3.23. The lowest BCUT2D eigenvalue weighted by molar-refractivity contribution is 0.907. The molecule has 0 aliphatic heterocycles. The summed E-state index contributed by atoms with van der Waals surface area (Å²) in [6, 6.07) is 9.70. The van der Waals surface area contributed by atoms with E-state index in [4.69, 9.17) is 16.9 Å². The van der Waals surface area contributed by atoms with Gasteiger partial charge in [-0.2, -0.15) is 5.26 Å². The predicted octanol–water partition coefficient (Wildman–Crippen LogP) is 3.37. The minimum Gasteiger partial charge on any atom is -0.318 e. The molecule has 1 aromatic carbocycles. The van der Waals surface area contributed by atoms with Crippen LogP contribution < -0.4 is 0 Å². The molecule has 0 fully saturated rings. The molecule has 0 unspecified atom stereocenters. The highest BCUT2D eigenvalue weighted by Gasteiger charge is 2.15. The molecule has 16 heavy (non-hydrogen) atoms. The number of benzene rings is 1. The summed E-state index contributed by atoms with van der Waals surface area (Å²) in [5.74, 6) is 0.675. The summed E-state index contributed by atoms with van der Waals surface area (Å²) in [6.07, 6.45) is 0. The maximum atomic E-state index is 8.92. The lowest BCUT2D eigenvalue weighted by Gasteiger charge is -2.03. The molecule has 80 valence electrons. The highest BCUT2D eigenvalue weighted by molar-refractivity contribution is 9.10. The first-order valence-electron chi connectivity index (χ1n) is 4.52. The first-order valence-corrected chi connectivity index (χ1v) is 5.69. The number of hydrogen-bond donors (Lipinski definition) is 0. The van der Waals surface area contributed by atoms with Crippen molar-refractivity contribution in [2.24, 2.45) is 7.05 Å². The molecule has 0 radical (unpaired) electrons. The van der Waals surface area contributed by atoms with Crippen LogP contribution in [0, 0.1) is 11.3 Å². The Kier molecular flexibility index (Phi) is 2.99. The maximum absolute atomic E-state index is 8.92. The zero-order valence-corrected chi connectivity index (χ0v) is 10.7. The monoisotopic (exact) mass is 295 g/mol. The van der Waals surface area contributed by atoms with Crippen molar-refractivity contribution in [2.75, 3.05) is 0 Å². The lowest BCUT2D eigenvalue weighted by atomic mass is 10.2. The largest absolute Gasteiger partial charge is 0.318 e. The van der Waals surface area contributed by atoms with E-state index in [9.17, 15) is 0 Å². The van der Waals surface area contributed by atoms with Crippen LogP contribution in [0.2, 0.25) is 5.15 Å². The fraction of sp³-hybridized carbons (Fsp3) is 0.0909. The summed E-state index contributed by atoms with van der Waals surface area (Å²) in [4.78, 5) is 4.19. The van der Waals surface area contributed by atoms with E-state index in [1.54, 1.807) is 11.6 Å². The van der Waals surface area contributed by atoms with Crippen molar-refractivity contribution in [3.05, 3.63) is 39.6 Å². The summed E-state index contributed by atoms with van der Waals surface area (Å²) in [6.45, 7) is 0. The van der Waals surface area contributed by atoms with Gasteiger partial charge in [0.25, 0.3) is 0 Å². The van der Waals surface area contributed by atoms with Crippen LogP contribution in [0.4, 0.5) is 0 Å². The van der Waals surface area contributed by atoms with Crippen LogP contribution in [0.5, 0.6) is 0 Å². The fourth-order valence-electron chi connectivity index (χ4n) is 1.47. The Morgan fingerprint density at radius 1 is 1.44 bits per heavy atom. The average Bonchev–Trinajstić information content (AvgIpc) is 2.55. The van der Waals surface area contributed by atoms with Gasteiger partial charge >= 0.3 is 0 Å². The predicted molar refractivity (Wildman–Crippen MR) is 66.1 cm³/mol. The quantitative estimate of drug-likeness (QED) is 0.809. The Labute approximate surface area is 106 Å². The molecular weight excluding hydrogens is 289 g/mol. The molecule has 0 aliphatic carbocycles. The number of aromatic nitrogens is 2. The molecule has 0 atom stereocenters. The van der Waals surface area contributed by atoms with Crippen LogP contribution >= 0.6 is 27.5 Å². The van der Waals surface area contributed by atoms with Gasteiger partial charge in [-0.3, -0.25) is 0 Å². The Bertz CT molecular complexity index is 583. The highest BCUT2D eigenvalue weighted by atomic mass is 79.9. The Morgan fingerprint density at radius 3 is 2.69 bits per heavy atom. The van der Waals surface area contributed by atoms with Crippen molar-refractivity contribution in [3.63, 3.8) is 0 Å². The molecular formula is C11H7BrClN3. The molecule has 2 rings (SSSR count). The van der Waals surface area contributed by atoms with Gasteiger partial charge < -0.3 is 4.57 Å². The van der Waals surface area contributed by atoms with Crippen molar-refractivity contribution in [3.8, 4) is 17.5 Å². The minimum absolute atomic E-state index is 0.232. The first-order chi connectivity index (χ1) is 7.65. The summed E-state index contributed by atoms with van der Waals surface area (Å²) in [5, 5.41) is 9.15. The van der Waals surface area contributed by atoms with Gasteiger partial charge in [0.1, 0.15) is 11.9 Å². The summed E-state index contributed by atoms with van der Waals surface area (Å²) >= 11 is 9.33. The Hall–Kier alpha value is -1.31. The number of nitriles is 1. The molecule has 0 saturated carbocycles. The van der Waals surface area contributed by atoms with E-state index in [0.717, 1.165) is 10.0 Å². The van der Waals surface area contributed by atoms with Crippen molar-refractivity contribution >= 4 is 27.5 Å². The number of nitrogens with zero attached hydrogens (tertiary/aromatic N) is 3. The molecule has 0 saturated heterocycles. The summed E-state index contributed by atoms with van der Waals surface area (Å²) in [5.41, 5.74) is 1.28. The van der Waals surface area contributed by atoms with Gasteiger partial charge in [0.2, 0.25) is 0 Å². The van der Waals surface area contributed by atoms with Crippen LogP contribution in [-0.4, -0.2) is 9.55 Å². The topological polar surface area (TPSA) is 41.6 Å². The lowest BCUT2D eigenvalue weighted by Crippen LogP contribution is -1.95. The third-order valence-electron chi connectivity index (χ3n) is 2.27. The second kappa shape index (κ2) is 4.28. The van der Waals surface area contributed by atoms with Crippen molar-refractivity contribution in [1.82, 2.24) is 9.55 Å². The Balaban J connectivity index is 2.68. The first kappa shape index (κ1) is 11.2. The normalized spacial score (nSPS) is 10.1. The number of hydrogen-bond acceptors (Lipinski definition) is 2.